The van der Waals surface area contributed by atoms with Crippen molar-refractivity contribution in [3.8, 4) is 16.8 Å². The molecule has 1 heterocycles. The molecule has 1 aliphatic rings. The van der Waals surface area contributed by atoms with E-state index in [0.29, 0.717) is 16.6 Å². The van der Waals surface area contributed by atoms with Gasteiger partial charge in [0.25, 0.3) is 0 Å². The molecular formula is C26H30Cl2N2OS. The minimum Gasteiger partial charge on any atom is -0.384 e. The van der Waals surface area contributed by atoms with Gasteiger partial charge in [-0.1, -0.05) is 43.1 Å². The van der Waals surface area contributed by atoms with E-state index in [-0.39, 0.29) is 11.3 Å². The summed E-state index contributed by atoms with van der Waals surface area (Å²) in [7, 11) is 0. The highest BCUT2D eigenvalue weighted by atomic mass is 35.5. The van der Waals surface area contributed by atoms with Crippen LogP contribution in [0, 0.1) is 5.92 Å². The molecule has 2 unspecified atom stereocenters. The van der Waals surface area contributed by atoms with Gasteiger partial charge in [0.1, 0.15) is 11.4 Å². The number of rotatable bonds is 5. The van der Waals surface area contributed by atoms with E-state index in [1.54, 1.807) is 25.6 Å². The Morgan fingerprint density at radius 2 is 1.88 bits per heavy atom. The third-order valence-electron chi connectivity index (χ3n) is 6.41. The second-order valence-electron chi connectivity index (χ2n) is 9.26. The largest absolute Gasteiger partial charge is 0.384 e. The van der Waals surface area contributed by atoms with Gasteiger partial charge in [-0.3, -0.25) is 0 Å². The number of hydrogen-bond donors (Lipinski definition) is 1. The number of alkyl halides is 1. The zero-order valence-corrected chi connectivity index (χ0v) is 21.3. The molecule has 1 N–H and O–H groups in total. The highest BCUT2D eigenvalue weighted by molar-refractivity contribution is 7.98. The number of halogens is 2. The molecule has 1 fully saturated rings. The molecule has 1 aliphatic carbocycles. The van der Waals surface area contributed by atoms with Crippen molar-refractivity contribution in [2.75, 3.05) is 6.26 Å². The lowest BCUT2D eigenvalue weighted by Crippen LogP contribution is -2.28. The summed E-state index contributed by atoms with van der Waals surface area (Å²) in [6.45, 7) is 5.76. The van der Waals surface area contributed by atoms with Crippen LogP contribution in [0.15, 0.2) is 53.6 Å². The van der Waals surface area contributed by atoms with Gasteiger partial charge in [-0.25, -0.2) is 4.98 Å². The highest BCUT2D eigenvalue weighted by Crippen LogP contribution is 2.42. The first-order chi connectivity index (χ1) is 15.2. The van der Waals surface area contributed by atoms with E-state index in [2.05, 4.69) is 43.5 Å². The van der Waals surface area contributed by atoms with E-state index in [1.165, 1.54) is 4.90 Å². The second-order valence-corrected chi connectivity index (χ2v) is 11.1. The molecule has 0 bridgehead atoms. The molecule has 0 aliphatic heterocycles. The topological polar surface area (TPSA) is 38.0 Å². The number of imidazole rings is 1. The lowest BCUT2D eigenvalue weighted by molar-refractivity contribution is 0.0740. The minimum absolute atomic E-state index is 0.0156. The lowest BCUT2D eigenvalue weighted by atomic mass is 9.79. The Kier molecular flexibility index (Phi) is 6.97. The van der Waals surface area contributed by atoms with Crippen LogP contribution in [0.1, 0.15) is 57.5 Å². The number of nitrogens with zero attached hydrogens (tertiary/aromatic N) is 2. The maximum Gasteiger partial charge on any atom is 0.118 e. The van der Waals surface area contributed by atoms with Gasteiger partial charge >= 0.3 is 0 Å². The van der Waals surface area contributed by atoms with Gasteiger partial charge in [-0.2, -0.15) is 0 Å². The molecule has 1 saturated carbocycles. The van der Waals surface area contributed by atoms with E-state index in [0.717, 1.165) is 41.9 Å². The van der Waals surface area contributed by atoms with E-state index in [9.17, 15) is 5.11 Å². The van der Waals surface area contributed by atoms with Gasteiger partial charge in [0, 0.05) is 22.4 Å². The van der Waals surface area contributed by atoms with Crippen molar-refractivity contribution in [2.45, 2.75) is 61.8 Å². The SMILES string of the molecule is CSc1cccc(-c2ccc(-n3cc(C(C)(C)O)nc3C3C(Cl)CCC[C@H]3C)c(Cl)c2)c1. The maximum atomic E-state index is 10.7. The first kappa shape index (κ1) is 23.7. The molecule has 0 radical (unpaired) electrons. The van der Waals surface area contributed by atoms with E-state index < -0.39 is 5.60 Å². The van der Waals surface area contributed by atoms with Crippen LogP contribution in [0.4, 0.5) is 0 Å². The molecule has 32 heavy (non-hydrogen) atoms. The number of benzene rings is 2. The molecule has 0 amide bonds. The molecule has 3 aromatic rings. The fourth-order valence-electron chi connectivity index (χ4n) is 4.57. The Morgan fingerprint density at radius 1 is 1.12 bits per heavy atom. The summed E-state index contributed by atoms with van der Waals surface area (Å²) in [5, 5.41) is 11.3. The molecule has 4 rings (SSSR count). The molecule has 3 atom stereocenters. The van der Waals surface area contributed by atoms with Gasteiger partial charge < -0.3 is 9.67 Å². The van der Waals surface area contributed by atoms with Crippen LogP contribution < -0.4 is 0 Å². The van der Waals surface area contributed by atoms with Crippen molar-refractivity contribution in [1.29, 1.82) is 0 Å². The fourth-order valence-corrected chi connectivity index (χ4v) is 5.81. The summed E-state index contributed by atoms with van der Waals surface area (Å²) >= 11 is 15.4. The average molecular weight is 490 g/mol. The number of hydrogen-bond acceptors (Lipinski definition) is 3. The van der Waals surface area contributed by atoms with Crippen LogP contribution in [0.25, 0.3) is 16.8 Å². The monoisotopic (exact) mass is 488 g/mol. The molecule has 2 aromatic carbocycles. The molecule has 0 saturated heterocycles. The predicted molar refractivity (Wildman–Crippen MR) is 136 cm³/mol. The van der Waals surface area contributed by atoms with Gasteiger partial charge in [-0.05, 0) is 74.3 Å². The van der Waals surface area contributed by atoms with Crippen molar-refractivity contribution < 1.29 is 5.11 Å². The van der Waals surface area contributed by atoms with Crippen molar-refractivity contribution >= 4 is 35.0 Å². The Balaban J connectivity index is 1.81. The molecule has 0 spiro atoms. The van der Waals surface area contributed by atoms with Crippen LogP contribution in [0.3, 0.4) is 0 Å². The number of aliphatic hydroxyl groups is 1. The summed E-state index contributed by atoms with van der Waals surface area (Å²) in [6, 6.07) is 14.6. The average Bonchev–Trinajstić information content (AvgIpc) is 3.19. The van der Waals surface area contributed by atoms with Gasteiger partial charge in [-0.15, -0.1) is 23.4 Å². The summed E-state index contributed by atoms with van der Waals surface area (Å²) in [4.78, 5) is 6.11. The predicted octanol–water partition coefficient (Wildman–Crippen LogP) is 7.65. The second kappa shape index (κ2) is 9.42. The van der Waals surface area contributed by atoms with Crippen molar-refractivity contribution in [3.05, 3.63) is 65.2 Å². The standard InChI is InChI=1S/C26H30Cl2N2OS/c1-16-7-5-10-20(27)24(16)25-29-23(26(2,3)31)15-30(25)22-12-11-18(14-21(22)28)17-8-6-9-19(13-17)32-4/h6,8-9,11-16,20,24,31H,5,7,10H2,1-4H3/t16-,20?,24?/m1/s1. The Bertz CT molecular complexity index is 1100. The molecular weight excluding hydrogens is 459 g/mol. The van der Waals surface area contributed by atoms with E-state index in [4.69, 9.17) is 28.2 Å². The van der Waals surface area contributed by atoms with Crippen LogP contribution >= 0.6 is 35.0 Å². The van der Waals surface area contributed by atoms with Gasteiger partial charge in [0.2, 0.25) is 0 Å². The summed E-state index contributed by atoms with van der Waals surface area (Å²) in [6.07, 6.45) is 7.22. The first-order valence-corrected chi connectivity index (χ1v) is 13.1. The van der Waals surface area contributed by atoms with Crippen molar-refractivity contribution in [3.63, 3.8) is 0 Å². The Labute approximate surface area is 205 Å². The number of thioether (sulfide) groups is 1. The smallest absolute Gasteiger partial charge is 0.118 e. The van der Waals surface area contributed by atoms with E-state index in [1.807, 2.05) is 22.9 Å². The molecule has 170 valence electrons. The number of aromatic nitrogens is 2. The highest BCUT2D eigenvalue weighted by Gasteiger charge is 2.36. The summed E-state index contributed by atoms with van der Waals surface area (Å²) in [5.74, 6) is 1.40. The van der Waals surface area contributed by atoms with Gasteiger partial charge in [0.15, 0.2) is 0 Å². The van der Waals surface area contributed by atoms with Crippen molar-refractivity contribution in [1.82, 2.24) is 9.55 Å². The Hall–Kier alpha value is -1.46. The van der Waals surface area contributed by atoms with Crippen LogP contribution in [0.2, 0.25) is 5.02 Å². The Morgan fingerprint density at radius 3 is 2.53 bits per heavy atom. The fraction of sp³-hybridized carbons (Fsp3) is 0.423. The maximum absolute atomic E-state index is 10.7. The quantitative estimate of drug-likeness (QED) is 0.295. The van der Waals surface area contributed by atoms with Crippen LogP contribution in [-0.2, 0) is 5.60 Å². The minimum atomic E-state index is -1.05. The van der Waals surface area contributed by atoms with Crippen LogP contribution in [0.5, 0.6) is 0 Å². The molecule has 1 aromatic heterocycles. The third kappa shape index (κ3) is 4.75. The lowest BCUT2D eigenvalue weighted by Gasteiger charge is -2.33. The summed E-state index contributed by atoms with van der Waals surface area (Å²) < 4.78 is 2.04. The summed E-state index contributed by atoms with van der Waals surface area (Å²) in [5.41, 5.74) is 2.64. The van der Waals surface area contributed by atoms with Crippen LogP contribution in [-0.4, -0.2) is 26.3 Å². The van der Waals surface area contributed by atoms with Crippen molar-refractivity contribution in [2.24, 2.45) is 5.92 Å². The van der Waals surface area contributed by atoms with Gasteiger partial charge in [0.05, 0.1) is 16.4 Å². The molecule has 6 heteroatoms. The third-order valence-corrected chi connectivity index (χ3v) is 7.93. The van der Waals surface area contributed by atoms with E-state index >= 15 is 0 Å². The first-order valence-electron chi connectivity index (χ1n) is 11.1. The zero-order valence-electron chi connectivity index (χ0n) is 19.0. The molecule has 3 nitrogen and oxygen atoms in total. The normalized spacial score (nSPS) is 21.7. The zero-order chi connectivity index (χ0) is 23.0.